The van der Waals surface area contributed by atoms with Crippen molar-refractivity contribution in [2.75, 3.05) is 0 Å². The van der Waals surface area contributed by atoms with Gasteiger partial charge in [0.1, 0.15) is 5.75 Å². The first-order valence-electron chi connectivity index (χ1n) is 8.19. The Hall–Kier alpha value is -1.84. The Morgan fingerprint density at radius 3 is 2.57 bits per heavy atom. The molecule has 2 aromatic rings. The van der Waals surface area contributed by atoms with Crippen molar-refractivity contribution in [2.45, 2.75) is 53.0 Å². The van der Waals surface area contributed by atoms with Crippen LogP contribution in [0.5, 0.6) is 5.75 Å². The number of aliphatic hydroxyl groups excluding tert-OH is 1. The molecule has 0 aliphatic heterocycles. The molecule has 0 aliphatic carbocycles. The van der Waals surface area contributed by atoms with Crippen molar-refractivity contribution >= 4 is 0 Å². The Kier molecular flexibility index (Phi) is 6.20. The highest BCUT2D eigenvalue weighted by Crippen LogP contribution is 2.23. The van der Waals surface area contributed by atoms with Crippen LogP contribution < -0.4 is 10.1 Å². The molecular weight excluding hydrogens is 286 g/mol. The summed E-state index contributed by atoms with van der Waals surface area (Å²) in [6.07, 6.45) is 0.161. The van der Waals surface area contributed by atoms with Gasteiger partial charge in [-0.2, -0.15) is 0 Å². The zero-order chi connectivity index (χ0) is 16.8. The Balaban J connectivity index is 2.07. The largest absolute Gasteiger partial charge is 0.491 e. The first kappa shape index (κ1) is 17.5. The van der Waals surface area contributed by atoms with Gasteiger partial charge in [0.25, 0.3) is 0 Å². The summed E-state index contributed by atoms with van der Waals surface area (Å²) in [5, 5.41) is 12.8. The number of nitrogens with one attached hydrogen (secondary N) is 1. The lowest BCUT2D eigenvalue weighted by atomic mass is 10.0. The van der Waals surface area contributed by atoms with Gasteiger partial charge in [-0.25, -0.2) is 0 Å². The molecule has 3 nitrogen and oxygen atoms in total. The summed E-state index contributed by atoms with van der Waals surface area (Å²) in [4.78, 5) is 0. The van der Waals surface area contributed by atoms with E-state index in [-0.39, 0.29) is 18.8 Å². The minimum Gasteiger partial charge on any atom is -0.491 e. The first-order chi connectivity index (χ1) is 11.0. The number of rotatable bonds is 7. The van der Waals surface area contributed by atoms with Crippen molar-refractivity contribution in [3.8, 4) is 5.75 Å². The van der Waals surface area contributed by atoms with Crippen molar-refractivity contribution in [1.29, 1.82) is 0 Å². The molecule has 1 unspecified atom stereocenters. The molecule has 0 saturated carbocycles. The standard InChI is InChI=1S/C20H27NO2/c1-14(2)23-20-10-15(3)8-9-19(20)12-21-16(4)18-7-5-6-17(11-18)13-22/h5-11,14,16,21-22H,12-13H2,1-4H3. The lowest BCUT2D eigenvalue weighted by Gasteiger charge is -2.19. The van der Waals surface area contributed by atoms with E-state index in [4.69, 9.17) is 4.74 Å². The van der Waals surface area contributed by atoms with Crippen LogP contribution in [0.15, 0.2) is 42.5 Å². The fraction of sp³-hybridized carbons (Fsp3) is 0.400. The van der Waals surface area contributed by atoms with Crippen LogP contribution in [0, 0.1) is 6.92 Å². The quantitative estimate of drug-likeness (QED) is 0.808. The van der Waals surface area contributed by atoms with E-state index < -0.39 is 0 Å². The van der Waals surface area contributed by atoms with Gasteiger partial charge in [0.05, 0.1) is 12.7 Å². The number of hydrogen-bond acceptors (Lipinski definition) is 3. The molecule has 0 radical (unpaired) electrons. The van der Waals surface area contributed by atoms with Crippen LogP contribution in [-0.2, 0) is 13.2 Å². The van der Waals surface area contributed by atoms with E-state index in [1.54, 1.807) is 0 Å². The average Bonchev–Trinajstić information content (AvgIpc) is 2.53. The van der Waals surface area contributed by atoms with Crippen LogP contribution in [0.2, 0.25) is 0 Å². The summed E-state index contributed by atoms with van der Waals surface area (Å²) in [5.74, 6) is 0.948. The van der Waals surface area contributed by atoms with Gasteiger partial charge in [-0.15, -0.1) is 0 Å². The van der Waals surface area contributed by atoms with Gasteiger partial charge in [-0.3, -0.25) is 0 Å². The normalized spacial score (nSPS) is 12.4. The Labute approximate surface area is 139 Å². The van der Waals surface area contributed by atoms with Gasteiger partial charge >= 0.3 is 0 Å². The smallest absolute Gasteiger partial charge is 0.124 e. The molecule has 0 fully saturated rings. The van der Waals surface area contributed by atoms with Crippen LogP contribution >= 0.6 is 0 Å². The third-order valence-electron chi connectivity index (χ3n) is 3.82. The zero-order valence-corrected chi connectivity index (χ0v) is 14.5. The highest BCUT2D eigenvalue weighted by Gasteiger charge is 2.10. The summed E-state index contributed by atoms with van der Waals surface area (Å²) in [6, 6.07) is 14.6. The van der Waals surface area contributed by atoms with E-state index in [1.807, 2.05) is 32.0 Å². The zero-order valence-electron chi connectivity index (χ0n) is 14.5. The van der Waals surface area contributed by atoms with E-state index >= 15 is 0 Å². The molecule has 2 aromatic carbocycles. The van der Waals surface area contributed by atoms with Crippen molar-refractivity contribution in [3.63, 3.8) is 0 Å². The number of benzene rings is 2. The van der Waals surface area contributed by atoms with Crippen LogP contribution in [0.3, 0.4) is 0 Å². The lowest BCUT2D eigenvalue weighted by Crippen LogP contribution is -2.19. The molecule has 0 aromatic heterocycles. The molecule has 0 bridgehead atoms. The van der Waals surface area contributed by atoms with Gasteiger partial charge in [0, 0.05) is 18.2 Å². The maximum atomic E-state index is 9.26. The highest BCUT2D eigenvalue weighted by atomic mass is 16.5. The molecule has 3 heteroatoms. The van der Waals surface area contributed by atoms with Crippen molar-refractivity contribution < 1.29 is 9.84 Å². The number of aliphatic hydroxyl groups is 1. The Morgan fingerprint density at radius 2 is 1.87 bits per heavy atom. The molecule has 2 rings (SSSR count). The monoisotopic (exact) mass is 313 g/mol. The average molecular weight is 313 g/mol. The van der Waals surface area contributed by atoms with Crippen molar-refractivity contribution in [3.05, 3.63) is 64.7 Å². The minimum atomic E-state index is 0.0743. The SMILES string of the molecule is Cc1ccc(CNC(C)c2cccc(CO)c2)c(OC(C)C)c1. The molecule has 0 amide bonds. The summed E-state index contributed by atoms with van der Waals surface area (Å²) in [7, 11) is 0. The van der Waals surface area contributed by atoms with Crippen LogP contribution in [0.4, 0.5) is 0 Å². The minimum absolute atomic E-state index is 0.0743. The lowest BCUT2D eigenvalue weighted by molar-refractivity contribution is 0.239. The van der Waals surface area contributed by atoms with Gasteiger partial charge in [-0.1, -0.05) is 36.4 Å². The second kappa shape index (κ2) is 8.14. The highest BCUT2D eigenvalue weighted by molar-refractivity contribution is 5.37. The predicted octanol–water partition coefficient (Wildman–Crippen LogP) is 4.13. The number of aryl methyl sites for hydroxylation is 1. The number of ether oxygens (including phenoxy) is 1. The number of hydrogen-bond donors (Lipinski definition) is 2. The maximum Gasteiger partial charge on any atom is 0.124 e. The van der Waals surface area contributed by atoms with E-state index in [2.05, 4.69) is 43.4 Å². The fourth-order valence-corrected chi connectivity index (χ4v) is 2.51. The third kappa shape index (κ3) is 5.08. The van der Waals surface area contributed by atoms with E-state index in [9.17, 15) is 5.11 Å². The molecular formula is C20H27NO2. The molecule has 1 atom stereocenters. The summed E-state index contributed by atoms with van der Waals surface area (Å²) >= 11 is 0. The summed E-state index contributed by atoms with van der Waals surface area (Å²) in [5.41, 5.74) is 4.48. The van der Waals surface area contributed by atoms with E-state index in [0.29, 0.717) is 0 Å². The van der Waals surface area contributed by atoms with Gasteiger partial charge in [-0.05, 0) is 50.5 Å². The van der Waals surface area contributed by atoms with Crippen LogP contribution in [0.25, 0.3) is 0 Å². The van der Waals surface area contributed by atoms with Crippen LogP contribution in [-0.4, -0.2) is 11.2 Å². The second-order valence-corrected chi connectivity index (χ2v) is 6.28. The van der Waals surface area contributed by atoms with Gasteiger partial charge in [0.2, 0.25) is 0 Å². The molecule has 0 heterocycles. The maximum absolute atomic E-state index is 9.26. The molecule has 23 heavy (non-hydrogen) atoms. The summed E-state index contributed by atoms with van der Waals surface area (Å²) < 4.78 is 5.93. The third-order valence-corrected chi connectivity index (χ3v) is 3.82. The van der Waals surface area contributed by atoms with Crippen molar-refractivity contribution in [1.82, 2.24) is 5.32 Å². The Bertz CT molecular complexity index is 637. The second-order valence-electron chi connectivity index (χ2n) is 6.28. The van der Waals surface area contributed by atoms with Gasteiger partial charge in [0.15, 0.2) is 0 Å². The van der Waals surface area contributed by atoms with Crippen molar-refractivity contribution in [2.24, 2.45) is 0 Å². The van der Waals surface area contributed by atoms with E-state index in [0.717, 1.165) is 23.4 Å². The fourth-order valence-electron chi connectivity index (χ4n) is 2.51. The topological polar surface area (TPSA) is 41.5 Å². The molecule has 0 spiro atoms. The van der Waals surface area contributed by atoms with E-state index in [1.165, 1.54) is 11.1 Å². The molecule has 2 N–H and O–H groups in total. The molecule has 124 valence electrons. The first-order valence-corrected chi connectivity index (χ1v) is 8.19. The molecule has 0 aliphatic rings. The van der Waals surface area contributed by atoms with Crippen LogP contribution in [0.1, 0.15) is 49.1 Å². The van der Waals surface area contributed by atoms with Gasteiger partial charge < -0.3 is 15.2 Å². The predicted molar refractivity (Wildman–Crippen MR) is 94.6 cm³/mol. The summed E-state index contributed by atoms with van der Waals surface area (Å²) in [6.45, 7) is 9.12. The Morgan fingerprint density at radius 1 is 1.09 bits per heavy atom. The molecule has 0 saturated heterocycles.